The van der Waals surface area contributed by atoms with E-state index in [-0.39, 0.29) is 0 Å². The Kier molecular flexibility index (Phi) is 35.3. The zero-order valence-electron chi connectivity index (χ0n) is 33.2. The van der Waals surface area contributed by atoms with Crippen LogP contribution in [-0.2, 0) is 0 Å². The molecule has 6 aliphatic rings. The summed E-state index contributed by atoms with van der Waals surface area (Å²) in [6.07, 6.45) is 49.3. The van der Waals surface area contributed by atoms with E-state index in [4.69, 9.17) is 0 Å². The van der Waals surface area contributed by atoms with E-state index in [9.17, 15) is 0 Å². The first-order chi connectivity index (χ1) is 22.0. The van der Waals surface area contributed by atoms with E-state index in [1.165, 1.54) is 212 Å². The summed E-state index contributed by atoms with van der Waals surface area (Å²) in [4.78, 5) is 0. The van der Waals surface area contributed by atoms with Crippen molar-refractivity contribution in [3.63, 3.8) is 0 Å². The second-order valence-corrected chi connectivity index (χ2v) is 16.5. The van der Waals surface area contributed by atoms with E-state index in [1.54, 1.807) is 0 Å². The predicted octanol–water partition coefficient (Wildman–Crippen LogP) is 17.1. The Balaban J connectivity index is 0.000000524. The molecule has 0 amide bonds. The first kappa shape index (κ1) is 45.0. The van der Waals surface area contributed by atoms with Gasteiger partial charge in [-0.05, 0) is 29.6 Å². The van der Waals surface area contributed by atoms with Gasteiger partial charge < -0.3 is 0 Å². The maximum absolute atomic E-state index is 2.37. The Morgan fingerprint density at radius 2 is 0.289 bits per heavy atom. The normalized spacial score (nSPS) is 26.5. The van der Waals surface area contributed by atoms with Crippen LogP contribution < -0.4 is 0 Å². The molecule has 6 aliphatic carbocycles. The molecule has 0 aromatic rings. The number of hydrogen-bond acceptors (Lipinski definition) is 0. The average Bonchev–Trinajstić information content (AvgIpc) is 4.03. The van der Waals surface area contributed by atoms with Crippen LogP contribution in [0.1, 0.15) is 260 Å². The van der Waals surface area contributed by atoms with Crippen LogP contribution in [0.3, 0.4) is 0 Å². The molecule has 6 saturated carbocycles. The van der Waals surface area contributed by atoms with Crippen LogP contribution in [0.2, 0.25) is 0 Å². The molecule has 272 valence electrons. The minimum absolute atomic E-state index is 1.02. The molecular weight excluding hydrogens is 540 g/mol. The van der Waals surface area contributed by atoms with Crippen molar-refractivity contribution in [3.05, 3.63) is 0 Å². The van der Waals surface area contributed by atoms with Crippen LogP contribution in [-0.4, -0.2) is 0 Å². The summed E-state index contributed by atoms with van der Waals surface area (Å²) < 4.78 is 0. The highest BCUT2D eigenvalue weighted by molar-refractivity contribution is 4.66. The second kappa shape index (κ2) is 35.3. The lowest BCUT2D eigenvalue weighted by Crippen LogP contribution is -2.08. The fourth-order valence-electron chi connectivity index (χ4n) is 6.60. The standard InChI is InChI=1S/2C10H20.C8H16.C7H14.2C4H8.C2H6/c2*1-2-4-6-8-10-9-7-5-3-1;1-7-3-5-8(2)6-4-7;1-7-5-3-2-4-6-7;2*1-4-2-3-4;1-2/h2*1-10H2;7-8H,3-6H2,1-2H3;7H,2-6H2,1H3;2*4H,2-3H2,1H3;1-2H3. The third-order valence-electron chi connectivity index (χ3n) is 10.9. The highest BCUT2D eigenvalue weighted by Gasteiger charge is 2.14. The Bertz CT molecular complexity index is 408. The maximum atomic E-state index is 2.37. The fraction of sp³-hybridized carbons (Fsp3) is 1.00. The summed E-state index contributed by atoms with van der Waals surface area (Å²) in [5.41, 5.74) is 0. The number of hydrogen-bond donors (Lipinski definition) is 0. The van der Waals surface area contributed by atoms with Crippen molar-refractivity contribution in [1.82, 2.24) is 0 Å². The van der Waals surface area contributed by atoms with Crippen molar-refractivity contribution in [3.8, 4) is 0 Å². The lowest BCUT2D eigenvalue weighted by molar-refractivity contribution is 0.308. The van der Waals surface area contributed by atoms with Gasteiger partial charge >= 0.3 is 0 Å². The van der Waals surface area contributed by atoms with Gasteiger partial charge in [0.1, 0.15) is 0 Å². The zero-order chi connectivity index (χ0) is 33.2. The molecule has 0 atom stereocenters. The molecule has 45 heavy (non-hydrogen) atoms. The van der Waals surface area contributed by atoms with Crippen LogP contribution in [0.5, 0.6) is 0 Å². The van der Waals surface area contributed by atoms with Crippen LogP contribution in [0.15, 0.2) is 0 Å². The highest BCUT2D eigenvalue weighted by Crippen LogP contribution is 2.28. The molecule has 0 heteroatoms. The minimum Gasteiger partial charge on any atom is -0.0683 e. The van der Waals surface area contributed by atoms with E-state index in [1.807, 2.05) is 13.8 Å². The first-order valence-electron chi connectivity index (χ1n) is 22.0. The zero-order valence-corrected chi connectivity index (χ0v) is 33.2. The van der Waals surface area contributed by atoms with Crippen LogP contribution >= 0.6 is 0 Å². The van der Waals surface area contributed by atoms with Gasteiger partial charge in [0.2, 0.25) is 0 Å². The summed E-state index contributed by atoms with van der Waals surface area (Å²) in [6, 6.07) is 0. The van der Waals surface area contributed by atoms with Crippen LogP contribution in [0.25, 0.3) is 0 Å². The van der Waals surface area contributed by atoms with Gasteiger partial charge in [-0.15, -0.1) is 0 Å². The summed E-state index contributed by atoms with van der Waals surface area (Å²) >= 11 is 0. The van der Waals surface area contributed by atoms with Crippen LogP contribution in [0, 0.1) is 29.6 Å². The van der Waals surface area contributed by atoms with Crippen molar-refractivity contribution in [2.24, 2.45) is 29.6 Å². The molecule has 0 saturated heterocycles. The van der Waals surface area contributed by atoms with Gasteiger partial charge in [0.25, 0.3) is 0 Å². The number of rotatable bonds is 0. The van der Waals surface area contributed by atoms with E-state index in [2.05, 4.69) is 34.6 Å². The molecule has 0 N–H and O–H groups in total. The molecule has 0 nitrogen and oxygen atoms in total. The molecule has 0 spiro atoms. The SMILES string of the molecule is C1CCCCCCCCC1.C1CCCCCCCCC1.CC.CC1CC1.CC1CC1.CC1CCC(C)CC1.CC1CCCCC1. The van der Waals surface area contributed by atoms with Crippen molar-refractivity contribution in [2.75, 3.05) is 0 Å². The second-order valence-electron chi connectivity index (χ2n) is 16.5. The quantitative estimate of drug-likeness (QED) is 0.249. The molecule has 6 fully saturated rings. The van der Waals surface area contributed by atoms with Gasteiger partial charge in [0, 0.05) is 0 Å². The predicted molar refractivity (Wildman–Crippen MR) is 210 cm³/mol. The minimum atomic E-state index is 1.02. The Morgan fingerprint density at radius 1 is 0.178 bits per heavy atom. The summed E-state index contributed by atoms with van der Waals surface area (Å²) in [5, 5.41) is 0. The van der Waals surface area contributed by atoms with Gasteiger partial charge in [0.05, 0.1) is 0 Å². The molecule has 0 aromatic heterocycles. The molecule has 0 unspecified atom stereocenters. The molecule has 0 radical (unpaired) electrons. The van der Waals surface area contributed by atoms with Crippen molar-refractivity contribution < 1.29 is 0 Å². The third-order valence-corrected chi connectivity index (χ3v) is 10.9. The molecule has 0 aromatic carbocycles. The molecule has 0 aliphatic heterocycles. The summed E-state index contributed by atoms with van der Waals surface area (Å²) in [7, 11) is 0. The Labute approximate surface area is 289 Å². The van der Waals surface area contributed by atoms with Crippen molar-refractivity contribution in [1.29, 1.82) is 0 Å². The van der Waals surface area contributed by atoms with E-state index in [0.29, 0.717) is 0 Å². The Morgan fingerprint density at radius 3 is 0.400 bits per heavy atom. The van der Waals surface area contributed by atoms with Gasteiger partial charge in [-0.3, -0.25) is 0 Å². The van der Waals surface area contributed by atoms with E-state index in [0.717, 1.165) is 29.6 Å². The highest BCUT2D eigenvalue weighted by atomic mass is 14.2. The molecule has 0 heterocycles. The lowest BCUT2D eigenvalue weighted by Gasteiger charge is -2.22. The van der Waals surface area contributed by atoms with Crippen molar-refractivity contribution >= 4 is 0 Å². The van der Waals surface area contributed by atoms with E-state index < -0.39 is 0 Å². The van der Waals surface area contributed by atoms with Gasteiger partial charge in [-0.25, -0.2) is 0 Å². The molecule has 0 bridgehead atoms. The Hall–Kier alpha value is 0. The van der Waals surface area contributed by atoms with Gasteiger partial charge in [0.15, 0.2) is 0 Å². The molecular formula is C45H92. The smallest absolute Gasteiger partial charge is 0.0443 e. The first-order valence-corrected chi connectivity index (χ1v) is 22.0. The van der Waals surface area contributed by atoms with Gasteiger partial charge in [-0.2, -0.15) is 0 Å². The molecule has 6 rings (SSSR count). The summed E-state index contributed by atoms with van der Waals surface area (Å²) in [6.45, 7) is 15.6. The van der Waals surface area contributed by atoms with Crippen molar-refractivity contribution in [2.45, 2.75) is 260 Å². The average molecular weight is 633 g/mol. The maximum Gasteiger partial charge on any atom is -0.0443 e. The van der Waals surface area contributed by atoms with E-state index >= 15 is 0 Å². The van der Waals surface area contributed by atoms with Crippen LogP contribution in [0.4, 0.5) is 0 Å². The largest absolute Gasteiger partial charge is 0.0683 e. The topological polar surface area (TPSA) is 0 Å². The fourth-order valence-corrected chi connectivity index (χ4v) is 6.60. The summed E-state index contributed by atoms with van der Waals surface area (Å²) in [5.74, 6) is 5.24. The monoisotopic (exact) mass is 633 g/mol. The van der Waals surface area contributed by atoms with Gasteiger partial charge in [-0.1, -0.05) is 260 Å². The third kappa shape index (κ3) is 40.1. The lowest BCUT2D eigenvalue weighted by atomic mass is 9.84.